The Morgan fingerprint density at radius 3 is 2.66 bits per heavy atom. The molecule has 5 nitrogen and oxygen atoms in total. The first-order valence-electron chi connectivity index (χ1n) is 10.0. The first-order chi connectivity index (χ1) is 14.2. The highest BCUT2D eigenvalue weighted by molar-refractivity contribution is 7.17. The van der Waals surface area contributed by atoms with Gasteiger partial charge in [0.25, 0.3) is 5.56 Å². The summed E-state index contributed by atoms with van der Waals surface area (Å²) in [5.41, 5.74) is 4.14. The van der Waals surface area contributed by atoms with Crippen LogP contribution in [0.5, 0.6) is 0 Å². The van der Waals surface area contributed by atoms with Crippen LogP contribution in [0.25, 0.3) is 15.7 Å². The number of pyridine rings is 1. The monoisotopic (exact) mass is 402 g/mol. The van der Waals surface area contributed by atoms with Gasteiger partial charge in [-0.3, -0.25) is 9.69 Å². The molecule has 0 spiro atoms. The molecule has 0 saturated carbocycles. The Labute approximate surface area is 173 Å². The van der Waals surface area contributed by atoms with E-state index in [1.54, 1.807) is 11.3 Å². The fourth-order valence-corrected chi connectivity index (χ4v) is 5.25. The lowest BCUT2D eigenvalue weighted by Crippen LogP contribution is -2.49. The molecule has 146 valence electrons. The summed E-state index contributed by atoms with van der Waals surface area (Å²) in [6.45, 7) is 4.02. The molecule has 3 heterocycles. The molecule has 29 heavy (non-hydrogen) atoms. The minimum atomic E-state index is 0.0131. The van der Waals surface area contributed by atoms with Gasteiger partial charge in [-0.25, -0.2) is 0 Å². The number of piperazine rings is 1. The summed E-state index contributed by atoms with van der Waals surface area (Å²) in [5, 5.41) is 11.7. The molecule has 0 amide bonds. The Morgan fingerprint density at radius 1 is 1.10 bits per heavy atom. The fraction of sp³-hybridized carbons (Fsp3) is 0.304. The number of benzene rings is 1. The number of aromatic nitrogens is 1. The molecular weight excluding hydrogens is 380 g/mol. The fourth-order valence-electron chi connectivity index (χ4n) is 4.42. The third-order valence-corrected chi connectivity index (χ3v) is 6.92. The maximum absolute atomic E-state index is 12.3. The van der Waals surface area contributed by atoms with Crippen LogP contribution < -0.4 is 10.5 Å². The van der Waals surface area contributed by atoms with Gasteiger partial charge in [0, 0.05) is 48.3 Å². The number of nitriles is 1. The summed E-state index contributed by atoms with van der Waals surface area (Å²) < 4.78 is 1.06. The third-order valence-electron chi connectivity index (χ3n) is 6.06. The molecule has 2 aromatic heterocycles. The molecule has 1 atom stereocenters. The van der Waals surface area contributed by atoms with E-state index in [0.717, 1.165) is 54.8 Å². The smallest absolute Gasteiger partial charge is 0.257 e. The van der Waals surface area contributed by atoms with E-state index in [4.69, 9.17) is 5.26 Å². The highest BCUT2D eigenvalue weighted by Crippen LogP contribution is 2.31. The van der Waals surface area contributed by atoms with Crippen LogP contribution in [0.4, 0.5) is 5.69 Å². The van der Waals surface area contributed by atoms with Gasteiger partial charge in [0.2, 0.25) is 0 Å². The number of hydrogen-bond donors (Lipinski definition) is 1. The van der Waals surface area contributed by atoms with E-state index in [2.05, 4.69) is 33.0 Å². The SMILES string of the molecule is N#Cc1ccc(N2CCN(C3C=C(c4cc5sccc5c(=O)[nH]4)CC3)CC2)cc1. The van der Waals surface area contributed by atoms with Crippen LogP contribution in [0.1, 0.15) is 24.1 Å². The van der Waals surface area contributed by atoms with E-state index < -0.39 is 0 Å². The Kier molecular flexibility index (Phi) is 4.70. The number of fused-ring (bicyclic) bond motifs is 1. The molecule has 0 radical (unpaired) electrons. The van der Waals surface area contributed by atoms with Crippen molar-refractivity contribution in [1.82, 2.24) is 9.88 Å². The van der Waals surface area contributed by atoms with Crippen LogP contribution in [0.3, 0.4) is 0 Å². The standard InChI is InChI=1S/C23H22N4OS/c24-15-16-1-4-18(5-2-16)26-8-10-27(11-9-26)19-6-3-17(13-19)21-14-22-20(7-12-29-22)23(28)25-21/h1-2,4-5,7,12-14,19H,3,6,8-11H2,(H,25,28). The van der Waals surface area contributed by atoms with Gasteiger partial charge in [0.15, 0.2) is 0 Å². The normalized spacial score (nSPS) is 20.0. The number of anilines is 1. The summed E-state index contributed by atoms with van der Waals surface area (Å²) in [6, 6.07) is 14.5. The Bertz CT molecular complexity index is 1160. The average Bonchev–Trinajstić information content (AvgIpc) is 3.44. The number of aromatic amines is 1. The minimum absolute atomic E-state index is 0.0131. The van der Waals surface area contributed by atoms with E-state index >= 15 is 0 Å². The van der Waals surface area contributed by atoms with Crippen LogP contribution >= 0.6 is 11.3 Å². The highest BCUT2D eigenvalue weighted by Gasteiger charge is 2.27. The van der Waals surface area contributed by atoms with Gasteiger partial charge in [-0.15, -0.1) is 11.3 Å². The maximum Gasteiger partial charge on any atom is 0.257 e. The number of nitrogens with zero attached hydrogens (tertiary/aromatic N) is 3. The van der Waals surface area contributed by atoms with Crippen LogP contribution in [0.15, 0.2) is 52.6 Å². The predicted molar refractivity (Wildman–Crippen MR) is 118 cm³/mol. The Balaban J connectivity index is 1.27. The van der Waals surface area contributed by atoms with Gasteiger partial charge in [-0.2, -0.15) is 5.26 Å². The predicted octanol–water partition coefficient (Wildman–Crippen LogP) is 3.83. The van der Waals surface area contributed by atoms with E-state index in [0.29, 0.717) is 11.6 Å². The second-order valence-corrected chi connectivity index (χ2v) is 8.64. The molecule has 1 unspecified atom stereocenters. The lowest BCUT2D eigenvalue weighted by Gasteiger charge is -2.38. The number of hydrogen-bond acceptors (Lipinski definition) is 5. The molecule has 2 aliphatic rings. The second kappa shape index (κ2) is 7.51. The lowest BCUT2D eigenvalue weighted by molar-refractivity contribution is 0.214. The number of nitrogens with one attached hydrogen (secondary N) is 1. The van der Waals surface area contributed by atoms with Crippen molar-refractivity contribution >= 4 is 32.7 Å². The lowest BCUT2D eigenvalue weighted by atomic mass is 10.1. The Hall–Kier alpha value is -2.88. The molecule has 1 aliphatic heterocycles. The summed E-state index contributed by atoms with van der Waals surface area (Å²) in [4.78, 5) is 20.3. The number of allylic oxidation sites excluding steroid dienone is 1. The summed E-state index contributed by atoms with van der Waals surface area (Å²) >= 11 is 1.62. The first-order valence-corrected chi connectivity index (χ1v) is 10.9. The first kappa shape index (κ1) is 18.2. The van der Waals surface area contributed by atoms with Crippen molar-refractivity contribution in [2.75, 3.05) is 31.1 Å². The number of H-pyrrole nitrogens is 1. The largest absolute Gasteiger partial charge is 0.369 e. The summed E-state index contributed by atoms with van der Waals surface area (Å²) in [5.74, 6) is 0. The molecule has 5 rings (SSSR count). The van der Waals surface area contributed by atoms with Crippen LogP contribution in [-0.4, -0.2) is 42.1 Å². The van der Waals surface area contributed by atoms with E-state index in [1.807, 2.05) is 35.7 Å². The molecule has 6 heteroatoms. The zero-order chi connectivity index (χ0) is 19.8. The van der Waals surface area contributed by atoms with Crippen molar-refractivity contribution in [2.45, 2.75) is 18.9 Å². The molecule has 3 aromatic rings. The molecular formula is C23H22N4OS. The average molecular weight is 403 g/mol. The van der Waals surface area contributed by atoms with Crippen molar-refractivity contribution in [3.8, 4) is 6.07 Å². The number of rotatable bonds is 3. The van der Waals surface area contributed by atoms with Crippen LogP contribution in [0.2, 0.25) is 0 Å². The Morgan fingerprint density at radius 2 is 1.90 bits per heavy atom. The van der Waals surface area contributed by atoms with Gasteiger partial charge in [-0.1, -0.05) is 6.08 Å². The van der Waals surface area contributed by atoms with Crippen LogP contribution in [0, 0.1) is 11.3 Å². The van der Waals surface area contributed by atoms with Gasteiger partial charge in [-0.05, 0) is 60.2 Å². The van der Waals surface area contributed by atoms with E-state index in [9.17, 15) is 4.79 Å². The van der Waals surface area contributed by atoms with Gasteiger partial charge in [0.1, 0.15) is 0 Å². The molecule has 1 N–H and O–H groups in total. The van der Waals surface area contributed by atoms with Crippen LogP contribution in [-0.2, 0) is 0 Å². The summed E-state index contributed by atoms with van der Waals surface area (Å²) in [6.07, 6.45) is 4.46. The second-order valence-electron chi connectivity index (χ2n) is 7.69. The van der Waals surface area contributed by atoms with Crippen molar-refractivity contribution in [2.24, 2.45) is 0 Å². The number of thiophene rings is 1. The molecule has 1 aliphatic carbocycles. The van der Waals surface area contributed by atoms with E-state index in [1.165, 1.54) is 11.3 Å². The third kappa shape index (κ3) is 3.48. The van der Waals surface area contributed by atoms with Gasteiger partial charge < -0.3 is 9.88 Å². The summed E-state index contributed by atoms with van der Waals surface area (Å²) in [7, 11) is 0. The molecule has 1 saturated heterocycles. The maximum atomic E-state index is 12.3. The van der Waals surface area contributed by atoms with Crippen molar-refractivity contribution < 1.29 is 0 Å². The minimum Gasteiger partial charge on any atom is -0.369 e. The van der Waals surface area contributed by atoms with Gasteiger partial charge >= 0.3 is 0 Å². The zero-order valence-corrected chi connectivity index (χ0v) is 16.9. The molecule has 0 bridgehead atoms. The van der Waals surface area contributed by atoms with Gasteiger partial charge in [0.05, 0.1) is 17.0 Å². The highest BCUT2D eigenvalue weighted by atomic mass is 32.1. The van der Waals surface area contributed by atoms with Crippen molar-refractivity contribution in [3.05, 3.63) is 69.5 Å². The van der Waals surface area contributed by atoms with E-state index in [-0.39, 0.29) is 5.56 Å². The molecule has 1 aromatic carbocycles. The topological polar surface area (TPSA) is 63.1 Å². The van der Waals surface area contributed by atoms with Crippen molar-refractivity contribution in [1.29, 1.82) is 5.26 Å². The quantitative estimate of drug-likeness (QED) is 0.723. The zero-order valence-electron chi connectivity index (χ0n) is 16.1. The van der Waals surface area contributed by atoms with Crippen molar-refractivity contribution in [3.63, 3.8) is 0 Å². The molecule has 1 fully saturated rings.